The van der Waals surface area contributed by atoms with E-state index in [2.05, 4.69) is 0 Å². The number of rotatable bonds is 1. The van der Waals surface area contributed by atoms with Gasteiger partial charge in [0, 0.05) is 5.56 Å². The molecule has 1 nitrogen and oxygen atoms in total. The molecule has 0 radical (unpaired) electrons. The molecule has 0 unspecified atom stereocenters. The Hall–Kier alpha value is -0.820. The molecule has 0 N–H and O–H groups in total. The molecule has 52 valence electrons. The van der Waals surface area contributed by atoms with Crippen molar-refractivity contribution in [2.24, 2.45) is 0 Å². The van der Waals surface area contributed by atoms with Crippen molar-refractivity contribution in [3.8, 4) is 0 Å². The van der Waals surface area contributed by atoms with Crippen LogP contribution >= 0.6 is 11.6 Å². The van der Waals surface area contributed by atoms with Gasteiger partial charge in [-0.1, -0.05) is 23.7 Å². The molecule has 0 aromatic heterocycles. The lowest BCUT2D eigenvalue weighted by atomic mass is 10.1. The summed E-state index contributed by atoms with van der Waals surface area (Å²) < 4.78 is 29.3. The van der Waals surface area contributed by atoms with Crippen LogP contribution in [0.1, 0.15) is 22.8 Å². The Morgan fingerprint density at radius 2 is 2.20 bits per heavy atom. The topological polar surface area (TPSA) is 17.1 Å². The molecule has 0 saturated carbocycles. The maximum Gasteiger partial charge on any atom is 0.161 e. The highest BCUT2D eigenvalue weighted by Gasteiger charge is 2.01. The second-order valence-corrected chi connectivity index (χ2v) is 2.12. The van der Waals surface area contributed by atoms with Crippen molar-refractivity contribution in [3.63, 3.8) is 0 Å². The van der Waals surface area contributed by atoms with Gasteiger partial charge in [-0.3, -0.25) is 4.79 Å². The van der Waals surface area contributed by atoms with Crippen LogP contribution in [0.25, 0.3) is 0 Å². The second-order valence-electron chi connectivity index (χ2n) is 1.75. The van der Waals surface area contributed by atoms with Crippen molar-refractivity contribution in [1.82, 2.24) is 0 Å². The molecule has 0 fully saturated rings. The van der Waals surface area contributed by atoms with E-state index in [4.69, 9.17) is 17.1 Å². The van der Waals surface area contributed by atoms with Gasteiger partial charge < -0.3 is 0 Å². The molecule has 0 bridgehead atoms. The SMILES string of the molecule is [2H]c1c([2H])c([2H])c(C(C)=O)c(Cl)c1[2H]. The van der Waals surface area contributed by atoms with Crippen LogP contribution in [0.3, 0.4) is 0 Å². The fourth-order valence-corrected chi connectivity index (χ4v) is 0.767. The first-order valence-corrected chi connectivity index (χ1v) is 3.02. The highest BCUT2D eigenvalue weighted by atomic mass is 35.5. The maximum atomic E-state index is 11.1. The summed E-state index contributed by atoms with van der Waals surface area (Å²) in [7, 11) is 0. The minimum absolute atomic E-state index is 0.155. The summed E-state index contributed by atoms with van der Waals surface area (Å²) in [5, 5.41) is -0.219. The summed E-state index contributed by atoms with van der Waals surface area (Å²) >= 11 is 5.64. The van der Waals surface area contributed by atoms with E-state index in [0.29, 0.717) is 0 Å². The van der Waals surface area contributed by atoms with E-state index in [1.807, 2.05) is 0 Å². The molecule has 0 aliphatic rings. The van der Waals surface area contributed by atoms with E-state index < -0.39 is 17.9 Å². The number of carbonyl (C=O) groups is 1. The Morgan fingerprint density at radius 1 is 1.60 bits per heavy atom. The summed E-state index contributed by atoms with van der Waals surface area (Å²) in [5.74, 6) is -0.470. The van der Waals surface area contributed by atoms with E-state index in [-0.39, 0.29) is 22.7 Å². The molecule has 1 aromatic rings. The molecule has 1 aromatic carbocycles. The zero-order chi connectivity index (χ0) is 11.0. The number of benzene rings is 1. The predicted octanol–water partition coefficient (Wildman–Crippen LogP) is 2.54. The van der Waals surface area contributed by atoms with Crippen LogP contribution in [-0.2, 0) is 0 Å². The Kier molecular flexibility index (Phi) is 1.01. The fraction of sp³-hybridized carbons (Fsp3) is 0.125. The number of Topliss-reactive ketones (excluding diaryl/α,β-unsaturated/α-hetero) is 1. The lowest BCUT2D eigenvalue weighted by Crippen LogP contribution is -1.91. The van der Waals surface area contributed by atoms with E-state index in [9.17, 15) is 4.79 Å². The Labute approximate surface area is 70.2 Å². The molecule has 0 atom stereocenters. The number of halogens is 1. The molecule has 0 heterocycles. The summed E-state index contributed by atoms with van der Waals surface area (Å²) in [6.45, 7) is 1.21. The van der Waals surface area contributed by atoms with Crippen LogP contribution in [0, 0.1) is 0 Å². The van der Waals surface area contributed by atoms with Crippen LogP contribution in [0.4, 0.5) is 0 Å². The molecule has 10 heavy (non-hydrogen) atoms. The molecule has 0 aliphatic heterocycles. The van der Waals surface area contributed by atoms with Crippen molar-refractivity contribution >= 4 is 17.4 Å². The number of hydrogen-bond donors (Lipinski definition) is 0. The summed E-state index contributed by atoms with van der Waals surface area (Å²) in [6.07, 6.45) is 0. The van der Waals surface area contributed by atoms with Gasteiger partial charge in [0.1, 0.15) is 0 Å². The van der Waals surface area contributed by atoms with Crippen molar-refractivity contribution in [2.45, 2.75) is 6.92 Å². The molecule has 0 saturated heterocycles. The average Bonchev–Trinajstić information content (AvgIpc) is 2.11. The van der Waals surface area contributed by atoms with Gasteiger partial charge in [-0.2, -0.15) is 0 Å². The van der Waals surface area contributed by atoms with E-state index in [0.717, 1.165) is 0 Å². The quantitative estimate of drug-likeness (QED) is 0.574. The smallest absolute Gasteiger partial charge is 0.161 e. The number of hydrogen-bond acceptors (Lipinski definition) is 1. The minimum Gasteiger partial charge on any atom is -0.294 e. The van der Waals surface area contributed by atoms with Gasteiger partial charge >= 0.3 is 0 Å². The van der Waals surface area contributed by atoms with Gasteiger partial charge in [0.05, 0.1) is 10.5 Å². The molecule has 1 rings (SSSR count). The first-order valence-electron chi connectivity index (χ1n) is 4.64. The van der Waals surface area contributed by atoms with Gasteiger partial charge in [0.15, 0.2) is 5.78 Å². The molecular weight excluding hydrogens is 148 g/mol. The van der Waals surface area contributed by atoms with Crippen LogP contribution in [0.5, 0.6) is 0 Å². The van der Waals surface area contributed by atoms with E-state index >= 15 is 0 Å². The van der Waals surface area contributed by atoms with E-state index in [1.54, 1.807) is 0 Å². The van der Waals surface area contributed by atoms with Gasteiger partial charge in [0.25, 0.3) is 0 Å². The molecular formula is C8H7ClO. The lowest BCUT2D eigenvalue weighted by molar-refractivity contribution is 0.101. The minimum atomic E-state index is -0.470. The Bertz CT molecular complexity index is 387. The molecule has 2 heteroatoms. The standard InChI is InChI=1S/C8H7ClO/c1-6(10)7-4-2-3-5-8(7)9/h2-5H,1H3/i2D,3D,4D,5D. The third kappa shape index (κ3) is 1.36. The highest BCUT2D eigenvalue weighted by Crippen LogP contribution is 2.14. The van der Waals surface area contributed by atoms with Crippen molar-refractivity contribution in [3.05, 3.63) is 34.8 Å². The van der Waals surface area contributed by atoms with Crippen LogP contribution < -0.4 is 0 Å². The summed E-state index contributed by atoms with van der Waals surface area (Å²) in [5.41, 5.74) is -0.155. The largest absolute Gasteiger partial charge is 0.294 e. The Morgan fingerprint density at radius 3 is 2.80 bits per heavy atom. The predicted molar refractivity (Wildman–Crippen MR) is 41.5 cm³/mol. The van der Waals surface area contributed by atoms with E-state index in [1.165, 1.54) is 6.92 Å². The second kappa shape index (κ2) is 2.84. The third-order valence-corrected chi connectivity index (χ3v) is 1.28. The zero-order valence-electron chi connectivity index (χ0n) is 9.29. The number of carbonyl (C=O) groups excluding carboxylic acids is 1. The normalized spacial score (nSPS) is 15.0. The first-order chi connectivity index (χ1) is 6.37. The number of ketones is 1. The summed E-state index contributed by atoms with van der Waals surface area (Å²) in [4.78, 5) is 11.1. The zero-order valence-corrected chi connectivity index (χ0v) is 6.04. The van der Waals surface area contributed by atoms with Gasteiger partial charge in [-0.15, -0.1) is 0 Å². The monoisotopic (exact) mass is 158 g/mol. The van der Waals surface area contributed by atoms with Gasteiger partial charge in [0.2, 0.25) is 0 Å². The highest BCUT2D eigenvalue weighted by molar-refractivity contribution is 6.33. The van der Waals surface area contributed by atoms with Gasteiger partial charge in [-0.25, -0.2) is 0 Å². The fourth-order valence-electron chi connectivity index (χ4n) is 0.540. The van der Waals surface area contributed by atoms with Crippen LogP contribution in [0.15, 0.2) is 24.2 Å². The van der Waals surface area contributed by atoms with Crippen LogP contribution in [-0.4, -0.2) is 5.78 Å². The maximum absolute atomic E-state index is 11.1. The van der Waals surface area contributed by atoms with Crippen molar-refractivity contribution < 1.29 is 10.3 Å². The lowest BCUT2D eigenvalue weighted by Gasteiger charge is -1.95. The van der Waals surface area contributed by atoms with Gasteiger partial charge in [-0.05, 0) is 19.0 Å². The first kappa shape index (κ1) is 3.54. The molecule has 0 amide bonds. The molecule has 0 spiro atoms. The van der Waals surface area contributed by atoms with Crippen LogP contribution in [0.2, 0.25) is 5.02 Å². The van der Waals surface area contributed by atoms with Crippen molar-refractivity contribution in [1.29, 1.82) is 0 Å². The Balaban J connectivity index is 3.68. The third-order valence-electron chi connectivity index (χ3n) is 0.994. The summed E-state index contributed by atoms with van der Waals surface area (Å²) in [6, 6.07) is -1.63. The van der Waals surface area contributed by atoms with Crippen molar-refractivity contribution in [2.75, 3.05) is 0 Å². The average molecular weight is 159 g/mol. The molecule has 0 aliphatic carbocycles.